The Kier molecular flexibility index (Phi) is 6.31. The number of H-pyrrole nitrogens is 1. The minimum absolute atomic E-state index is 0.0407. The van der Waals surface area contributed by atoms with Crippen LogP contribution in [0.5, 0.6) is 11.6 Å². The summed E-state index contributed by atoms with van der Waals surface area (Å²) in [6, 6.07) is 25.6. The van der Waals surface area contributed by atoms with E-state index in [1.54, 1.807) is 13.0 Å². The van der Waals surface area contributed by atoms with Crippen molar-refractivity contribution in [3.63, 3.8) is 0 Å². The van der Waals surface area contributed by atoms with Crippen molar-refractivity contribution in [1.82, 2.24) is 19.5 Å². The summed E-state index contributed by atoms with van der Waals surface area (Å²) in [6.45, 7) is 1.76. The number of nitrogens with one attached hydrogen (secondary N) is 1. The second-order valence-corrected chi connectivity index (χ2v) is 10.5. The Morgan fingerprint density at radius 1 is 0.953 bits per heavy atom. The fourth-order valence-corrected chi connectivity index (χ4v) is 5.64. The molecule has 0 aliphatic heterocycles. The number of halogens is 1. The normalized spacial score (nSPS) is 11.4. The van der Waals surface area contributed by atoms with Crippen molar-refractivity contribution in [2.45, 2.75) is 13.3 Å². The summed E-state index contributed by atoms with van der Waals surface area (Å²) < 4.78 is 23.2. The van der Waals surface area contributed by atoms with Crippen LogP contribution in [-0.2, 0) is 13.5 Å². The zero-order valence-corrected chi connectivity index (χ0v) is 23.4. The van der Waals surface area contributed by atoms with Gasteiger partial charge in [-0.2, -0.15) is 0 Å². The largest absolute Gasteiger partial charge is 0.435 e. The zero-order valence-electron chi connectivity index (χ0n) is 23.4. The maximum Gasteiger partial charge on any atom is 0.232 e. The molecule has 43 heavy (non-hydrogen) atoms. The smallest absolute Gasteiger partial charge is 0.232 e. The minimum Gasteiger partial charge on any atom is -0.435 e. The van der Waals surface area contributed by atoms with Crippen LogP contribution in [0.3, 0.4) is 0 Å². The van der Waals surface area contributed by atoms with Gasteiger partial charge in [0.1, 0.15) is 12.0 Å². The summed E-state index contributed by atoms with van der Waals surface area (Å²) in [7, 11) is 1.84. The molecule has 3 heterocycles. The summed E-state index contributed by atoms with van der Waals surface area (Å²) in [5, 5.41) is 3.03. The van der Waals surface area contributed by atoms with Gasteiger partial charge in [0.2, 0.25) is 5.88 Å². The molecule has 0 radical (unpaired) electrons. The van der Waals surface area contributed by atoms with Crippen molar-refractivity contribution in [1.29, 1.82) is 0 Å². The van der Waals surface area contributed by atoms with Crippen LogP contribution in [0.1, 0.15) is 21.6 Å². The fourth-order valence-electron chi connectivity index (χ4n) is 5.64. The van der Waals surface area contributed by atoms with Crippen LogP contribution in [0.2, 0.25) is 0 Å². The number of hydrogen-bond donors (Lipinski definition) is 1. The molecule has 210 valence electrons. The SMILES string of the molecule is Cc1c(C(=O)Cc2ccc(Oc3ncnc4[nH]cc(-c5ccccc5)c34)c(F)c2)c(=O)c2cc3ccccc3cc2n1C. The topological polar surface area (TPSA) is 89.9 Å². The molecule has 8 heteroatoms. The highest BCUT2D eigenvalue weighted by Gasteiger charge is 2.21. The van der Waals surface area contributed by atoms with E-state index in [-0.39, 0.29) is 34.8 Å². The summed E-state index contributed by atoms with van der Waals surface area (Å²) in [4.78, 5) is 38.7. The molecule has 0 aliphatic rings. The van der Waals surface area contributed by atoms with Crippen LogP contribution < -0.4 is 10.2 Å². The number of fused-ring (bicyclic) bond motifs is 3. The molecule has 0 bridgehead atoms. The predicted molar refractivity (Wildman–Crippen MR) is 165 cm³/mol. The number of ether oxygens (including phenoxy) is 1. The van der Waals surface area contributed by atoms with Crippen molar-refractivity contribution in [2.75, 3.05) is 0 Å². The molecule has 0 unspecified atom stereocenters. The van der Waals surface area contributed by atoms with Crippen molar-refractivity contribution < 1.29 is 13.9 Å². The molecule has 0 fully saturated rings. The fraction of sp³-hybridized carbons (Fsp3) is 0.0857. The van der Waals surface area contributed by atoms with Crippen LogP contribution in [-0.4, -0.2) is 25.3 Å². The van der Waals surface area contributed by atoms with Crippen LogP contribution in [0.4, 0.5) is 4.39 Å². The number of carbonyl (C=O) groups excluding carboxylic acids is 1. The number of hydrogen-bond acceptors (Lipinski definition) is 5. The summed E-state index contributed by atoms with van der Waals surface area (Å²) >= 11 is 0. The maximum absolute atomic E-state index is 15.4. The average molecular weight is 569 g/mol. The minimum atomic E-state index is -0.650. The van der Waals surface area contributed by atoms with E-state index >= 15 is 4.39 Å². The first kappa shape index (κ1) is 26.3. The number of pyridine rings is 1. The third-order valence-corrected chi connectivity index (χ3v) is 7.93. The molecule has 1 N–H and O–H groups in total. The first-order valence-electron chi connectivity index (χ1n) is 13.8. The van der Waals surface area contributed by atoms with Gasteiger partial charge in [-0.1, -0.05) is 60.7 Å². The van der Waals surface area contributed by atoms with Gasteiger partial charge in [-0.25, -0.2) is 14.4 Å². The molecular weight excluding hydrogens is 543 g/mol. The molecule has 4 aromatic carbocycles. The molecule has 0 amide bonds. The third-order valence-electron chi connectivity index (χ3n) is 7.93. The Labute approximate surface area is 245 Å². The Hall–Kier alpha value is -5.63. The summed E-state index contributed by atoms with van der Waals surface area (Å²) in [6.07, 6.45) is 3.03. The third kappa shape index (κ3) is 4.53. The van der Waals surface area contributed by atoms with Gasteiger partial charge in [0.25, 0.3) is 0 Å². The van der Waals surface area contributed by atoms with E-state index in [0.29, 0.717) is 27.7 Å². The van der Waals surface area contributed by atoms with Gasteiger partial charge < -0.3 is 14.3 Å². The van der Waals surface area contributed by atoms with Gasteiger partial charge >= 0.3 is 0 Å². The maximum atomic E-state index is 15.4. The van der Waals surface area contributed by atoms with Crippen molar-refractivity contribution in [2.24, 2.45) is 7.05 Å². The quantitative estimate of drug-likeness (QED) is 0.168. The van der Waals surface area contributed by atoms with Crippen LogP contribution in [0.25, 0.3) is 43.8 Å². The van der Waals surface area contributed by atoms with E-state index in [1.165, 1.54) is 18.5 Å². The lowest BCUT2D eigenvalue weighted by atomic mass is 9.98. The monoisotopic (exact) mass is 568 g/mol. The van der Waals surface area contributed by atoms with Crippen LogP contribution in [0.15, 0.2) is 102 Å². The van der Waals surface area contributed by atoms with E-state index in [9.17, 15) is 9.59 Å². The molecule has 0 aliphatic carbocycles. The van der Waals surface area contributed by atoms with E-state index in [2.05, 4.69) is 15.0 Å². The van der Waals surface area contributed by atoms with Crippen LogP contribution in [0, 0.1) is 12.7 Å². The number of carbonyl (C=O) groups is 1. The summed E-state index contributed by atoms with van der Waals surface area (Å²) in [5.41, 5.74) is 3.85. The van der Waals surface area contributed by atoms with Crippen molar-refractivity contribution >= 4 is 38.5 Å². The molecule has 0 atom stereocenters. The molecule has 7 aromatic rings. The molecule has 7 nitrogen and oxygen atoms in total. The van der Waals surface area contributed by atoms with E-state index in [1.807, 2.05) is 84.5 Å². The molecular formula is C35H25FN4O3. The molecule has 0 spiro atoms. The standard InChI is InChI=1S/C35H25FN4O3/c1-20-31(33(42)25-16-23-10-6-7-11-24(23)17-28(25)40(20)2)29(41)15-21-12-13-30(27(36)14-21)43-35-32-26(22-8-4-3-5-9-22)18-37-34(32)38-19-39-35/h3-14,16-19H,15H2,1-2H3,(H,37,38,39). The molecule has 0 saturated heterocycles. The van der Waals surface area contributed by atoms with Gasteiger partial charge in [-0.05, 0) is 53.1 Å². The van der Waals surface area contributed by atoms with Crippen molar-refractivity contribution in [3.05, 3.63) is 130 Å². The van der Waals surface area contributed by atoms with Gasteiger partial charge in [0.05, 0.1) is 16.5 Å². The molecule has 7 rings (SSSR count). The molecule has 3 aromatic heterocycles. The lowest BCUT2D eigenvalue weighted by Crippen LogP contribution is -2.23. The van der Waals surface area contributed by atoms with Gasteiger partial charge in [-0.15, -0.1) is 0 Å². The number of benzene rings is 4. The Balaban J connectivity index is 1.20. The first-order valence-corrected chi connectivity index (χ1v) is 13.8. The lowest BCUT2D eigenvalue weighted by molar-refractivity contribution is 0.0990. The van der Waals surface area contributed by atoms with Gasteiger partial charge in [0, 0.05) is 36.3 Å². The Morgan fingerprint density at radius 3 is 2.47 bits per heavy atom. The van der Waals surface area contributed by atoms with Crippen molar-refractivity contribution in [3.8, 4) is 22.8 Å². The highest BCUT2D eigenvalue weighted by Crippen LogP contribution is 2.36. The van der Waals surface area contributed by atoms with E-state index < -0.39 is 5.82 Å². The molecule has 0 saturated carbocycles. The Bertz CT molecular complexity index is 2270. The zero-order chi connectivity index (χ0) is 29.7. The average Bonchev–Trinajstić information content (AvgIpc) is 3.46. The number of Topliss-reactive ketones (excluding diaryl/α,β-unsaturated/α-hetero) is 1. The first-order chi connectivity index (χ1) is 20.9. The van der Waals surface area contributed by atoms with E-state index in [0.717, 1.165) is 27.4 Å². The highest BCUT2D eigenvalue weighted by atomic mass is 19.1. The number of nitrogens with zero attached hydrogens (tertiary/aromatic N) is 3. The number of aromatic nitrogens is 4. The highest BCUT2D eigenvalue weighted by molar-refractivity contribution is 6.04. The second-order valence-electron chi connectivity index (χ2n) is 10.5. The van der Waals surface area contributed by atoms with Crippen LogP contribution >= 0.6 is 0 Å². The number of aromatic amines is 1. The number of rotatable bonds is 6. The number of aryl methyl sites for hydroxylation is 1. The second kappa shape index (κ2) is 10.3. The van der Waals surface area contributed by atoms with Gasteiger partial charge in [-0.3, -0.25) is 9.59 Å². The Morgan fingerprint density at radius 2 is 1.70 bits per heavy atom. The van der Waals surface area contributed by atoms with Gasteiger partial charge in [0.15, 0.2) is 22.8 Å². The summed E-state index contributed by atoms with van der Waals surface area (Å²) in [5.74, 6) is -0.862. The lowest BCUT2D eigenvalue weighted by Gasteiger charge is -2.15. The van der Waals surface area contributed by atoms with E-state index in [4.69, 9.17) is 4.74 Å². The number of ketones is 1. The predicted octanol–water partition coefficient (Wildman–Crippen LogP) is 7.30.